The van der Waals surface area contributed by atoms with Crippen molar-refractivity contribution >= 4 is 28.8 Å². The van der Waals surface area contributed by atoms with E-state index in [4.69, 9.17) is 5.11 Å². The minimum absolute atomic E-state index is 0.264. The van der Waals surface area contributed by atoms with Gasteiger partial charge in [-0.1, -0.05) is 6.92 Å². The summed E-state index contributed by atoms with van der Waals surface area (Å²) in [7, 11) is 0. The molecular weight excluding hydrogens is 288 g/mol. The van der Waals surface area contributed by atoms with Crippen LogP contribution >= 0.6 is 23.1 Å². The Kier molecular flexibility index (Phi) is 6.36. The third kappa shape index (κ3) is 4.81. The summed E-state index contributed by atoms with van der Waals surface area (Å²) in [6, 6.07) is 8.41. The second-order valence-electron chi connectivity index (χ2n) is 4.39. The number of thiazole rings is 1. The van der Waals surface area contributed by atoms with E-state index in [1.165, 1.54) is 9.90 Å². The Labute approximate surface area is 128 Å². The molecule has 0 bridgehead atoms. The van der Waals surface area contributed by atoms with E-state index in [0.717, 1.165) is 36.5 Å². The molecule has 0 unspecified atom stereocenters. The molecule has 0 aliphatic heterocycles. The van der Waals surface area contributed by atoms with Crippen molar-refractivity contribution in [2.75, 3.05) is 17.7 Å². The molecule has 2 aromatic rings. The maximum Gasteiger partial charge on any atom is 0.0926 e. The molecule has 0 aliphatic carbocycles. The Morgan fingerprint density at radius 3 is 2.75 bits per heavy atom. The van der Waals surface area contributed by atoms with Crippen molar-refractivity contribution in [3.05, 3.63) is 40.3 Å². The second kappa shape index (κ2) is 8.29. The van der Waals surface area contributed by atoms with E-state index < -0.39 is 0 Å². The largest absolute Gasteiger partial charge is 0.396 e. The maximum absolute atomic E-state index is 8.76. The predicted molar refractivity (Wildman–Crippen MR) is 87.7 cm³/mol. The van der Waals surface area contributed by atoms with Crippen LogP contribution in [-0.2, 0) is 13.0 Å². The van der Waals surface area contributed by atoms with Crippen molar-refractivity contribution in [3.63, 3.8) is 0 Å². The SMILES string of the molecule is CCc1nc(CNc2ccc(SCCCO)cc2)cs1. The van der Waals surface area contributed by atoms with E-state index in [-0.39, 0.29) is 6.61 Å². The van der Waals surface area contributed by atoms with Gasteiger partial charge in [-0.05, 0) is 37.1 Å². The van der Waals surface area contributed by atoms with Gasteiger partial charge in [0.2, 0.25) is 0 Å². The normalized spacial score (nSPS) is 10.7. The average Bonchev–Trinajstić information content (AvgIpc) is 2.95. The van der Waals surface area contributed by atoms with E-state index in [1.54, 1.807) is 23.1 Å². The van der Waals surface area contributed by atoms with E-state index in [1.807, 2.05) is 0 Å². The molecule has 20 heavy (non-hydrogen) atoms. The smallest absolute Gasteiger partial charge is 0.0926 e. The molecule has 1 aromatic carbocycles. The lowest BCUT2D eigenvalue weighted by Gasteiger charge is -2.06. The minimum atomic E-state index is 0.264. The molecular formula is C15H20N2OS2. The molecule has 0 fully saturated rings. The van der Waals surface area contributed by atoms with Crippen molar-refractivity contribution in [1.29, 1.82) is 0 Å². The summed E-state index contributed by atoms with van der Waals surface area (Å²) in [6.45, 7) is 3.16. The number of thioether (sulfide) groups is 1. The fourth-order valence-corrected chi connectivity index (χ4v) is 3.29. The van der Waals surface area contributed by atoms with Gasteiger partial charge in [0.15, 0.2) is 0 Å². The van der Waals surface area contributed by atoms with Crippen molar-refractivity contribution in [3.8, 4) is 0 Å². The Hall–Kier alpha value is -1.04. The van der Waals surface area contributed by atoms with Gasteiger partial charge in [-0.2, -0.15) is 0 Å². The van der Waals surface area contributed by atoms with Crippen LogP contribution in [0.2, 0.25) is 0 Å². The third-order valence-corrected chi connectivity index (χ3v) is 4.94. The number of rotatable bonds is 8. The number of aliphatic hydroxyl groups is 1. The maximum atomic E-state index is 8.76. The quantitative estimate of drug-likeness (QED) is 0.575. The lowest BCUT2D eigenvalue weighted by molar-refractivity contribution is 0.296. The molecule has 2 rings (SSSR count). The predicted octanol–water partition coefficient (Wildman–Crippen LogP) is 3.79. The number of nitrogens with zero attached hydrogens (tertiary/aromatic N) is 1. The summed E-state index contributed by atoms with van der Waals surface area (Å²) >= 11 is 3.50. The van der Waals surface area contributed by atoms with E-state index >= 15 is 0 Å². The standard InChI is InChI=1S/C15H20N2OS2/c1-2-15-17-13(11-20-15)10-16-12-4-6-14(7-5-12)19-9-3-8-18/h4-7,11,16,18H,2-3,8-10H2,1H3. The molecule has 5 heteroatoms. The van der Waals surface area contributed by atoms with Gasteiger partial charge in [0, 0.05) is 28.3 Å². The van der Waals surface area contributed by atoms with Crippen LogP contribution in [0.15, 0.2) is 34.5 Å². The number of nitrogens with one attached hydrogen (secondary N) is 1. The minimum Gasteiger partial charge on any atom is -0.396 e. The summed E-state index contributed by atoms with van der Waals surface area (Å²) in [5, 5.41) is 15.5. The molecule has 1 heterocycles. The van der Waals surface area contributed by atoms with E-state index in [2.05, 4.69) is 46.9 Å². The van der Waals surface area contributed by atoms with Crippen LogP contribution in [0.25, 0.3) is 0 Å². The van der Waals surface area contributed by atoms with Crippen molar-refractivity contribution in [2.24, 2.45) is 0 Å². The monoisotopic (exact) mass is 308 g/mol. The fraction of sp³-hybridized carbons (Fsp3) is 0.400. The highest BCUT2D eigenvalue weighted by atomic mass is 32.2. The number of hydrogen-bond donors (Lipinski definition) is 2. The van der Waals surface area contributed by atoms with Crippen LogP contribution in [0, 0.1) is 0 Å². The lowest BCUT2D eigenvalue weighted by Crippen LogP contribution is -1.99. The molecule has 0 radical (unpaired) electrons. The van der Waals surface area contributed by atoms with Crippen LogP contribution in [0.3, 0.4) is 0 Å². The topological polar surface area (TPSA) is 45.2 Å². The molecule has 108 valence electrons. The first-order valence-corrected chi connectivity index (χ1v) is 8.69. The van der Waals surface area contributed by atoms with Crippen LogP contribution in [-0.4, -0.2) is 22.5 Å². The van der Waals surface area contributed by atoms with Gasteiger partial charge in [-0.3, -0.25) is 0 Å². The lowest BCUT2D eigenvalue weighted by atomic mass is 10.3. The van der Waals surface area contributed by atoms with E-state index in [9.17, 15) is 0 Å². The number of aromatic nitrogens is 1. The molecule has 0 spiro atoms. The summed E-state index contributed by atoms with van der Waals surface area (Å²) in [4.78, 5) is 5.78. The van der Waals surface area contributed by atoms with Gasteiger partial charge in [0.1, 0.15) is 0 Å². The number of hydrogen-bond acceptors (Lipinski definition) is 5. The Morgan fingerprint density at radius 2 is 2.10 bits per heavy atom. The molecule has 1 aromatic heterocycles. The van der Waals surface area contributed by atoms with Crippen molar-refractivity contribution in [2.45, 2.75) is 31.2 Å². The van der Waals surface area contributed by atoms with Crippen LogP contribution in [0.1, 0.15) is 24.0 Å². The summed E-state index contributed by atoms with van der Waals surface area (Å²) < 4.78 is 0. The zero-order valence-electron chi connectivity index (χ0n) is 11.6. The highest BCUT2D eigenvalue weighted by Gasteiger charge is 2.00. The molecule has 3 nitrogen and oxygen atoms in total. The first kappa shape index (κ1) is 15.4. The van der Waals surface area contributed by atoms with Crippen molar-refractivity contribution in [1.82, 2.24) is 4.98 Å². The zero-order valence-corrected chi connectivity index (χ0v) is 13.3. The van der Waals surface area contributed by atoms with Crippen molar-refractivity contribution < 1.29 is 5.11 Å². The van der Waals surface area contributed by atoms with E-state index in [0.29, 0.717) is 0 Å². The number of aryl methyl sites for hydroxylation is 1. The Bertz CT molecular complexity index is 511. The van der Waals surface area contributed by atoms with Gasteiger partial charge < -0.3 is 10.4 Å². The molecule has 0 saturated heterocycles. The summed E-state index contributed by atoms with van der Waals surface area (Å²) in [5.41, 5.74) is 2.22. The van der Waals surface area contributed by atoms with Gasteiger partial charge in [-0.15, -0.1) is 23.1 Å². The first-order chi connectivity index (χ1) is 9.81. The van der Waals surface area contributed by atoms with Crippen LogP contribution < -0.4 is 5.32 Å². The number of anilines is 1. The second-order valence-corrected chi connectivity index (χ2v) is 6.50. The van der Waals surface area contributed by atoms with Gasteiger partial charge in [0.25, 0.3) is 0 Å². The average molecular weight is 308 g/mol. The fourth-order valence-electron chi connectivity index (χ4n) is 1.71. The summed E-state index contributed by atoms with van der Waals surface area (Å²) in [6.07, 6.45) is 1.85. The number of aliphatic hydroxyl groups excluding tert-OH is 1. The molecule has 0 atom stereocenters. The molecule has 0 aliphatic rings. The zero-order chi connectivity index (χ0) is 14.2. The highest BCUT2D eigenvalue weighted by Crippen LogP contribution is 2.21. The third-order valence-electron chi connectivity index (χ3n) is 2.80. The highest BCUT2D eigenvalue weighted by molar-refractivity contribution is 7.99. The van der Waals surface area contributed by atoms with Gasteiger partial charge >= 0.3 is 0 Å². The Morgan fingerprint density at radius 1 is 1.30 bits per heavy atom. The first-order valence-electron chi connectivity index (χ1n) is 6.82. The molecule has 0 amide bonds. The van der Waals surface area contributed by atoms with Gasteiger partial charge in [0.05, 0.1) is 17.2 Å². The van der Waals surface area contributed by atoms with Crippen LogP contribution in [0.5, 0.6) is 0 Å². The van der Waals surface area contributed by atoms with Crippen LogP contribution in [0.4, 0.5) is 5.69 Å². The Balaban J connectivity index is 1.81. The molecule has 0 saturated carbocycles. The number of benzene rings is 1. The summed E-state index contributed by atoms with van der Waals surface area (Å²) in [5.74, 6) is 0.960. The molecule has 2 N–H and O–H groups in total. The van der Waals surface area contributed by atoms with Gasteiger partial charge in [-0.25, -0.2) is 4.98 Å².